The Labute approximate surface area is 65.0 Å². The lowest BCUT2D eigenvalue weighted by molar-refractivity contribution is 0.281. The Hall–Kier alpha value is -0.970. The van der Waals surface area contributed by atoms with E-state index in [0.29, 0.717) is 0 Å². The van der Waals surface area contributed by atoms with Crippen LogP contribution >= 0.6 is 0 Å². The fourth-order valence-corrected chi connectivity index (χ4v) is 0.845. The van der Waals surface area contributed by atoms with Gasteiger partial charge in [0, 0.05) is 13.2 Å². The summed E-state index contributed by atoms with van der Waals surface area (Å²) in [5, 5.41) is 19.2. The van der Waals surface area contributed by atoms with Crippen LogP contribution in [0.5, 0.6) is 0 Å². The van der Waals surface area contributed by atoms with Gasteiger partial charge < -0.3 is 5.11 Å². The summed E-state index contributed by atoms with van der Waals surface area (Å²) >= 11 is 0. The SMILES string of the molecule is OCCCCCn1cnnn1. The highest BCUT2D eigenvalue weighted by Crippen LogP contribution is 1.95. The van der Waals surface area contributed by atoms with Gasteiger partial charge in [-0.3, -0.25) is 0 Å². The highest BCUT2D eigenvalue weighted by molar-refractivity contribution is 4.47. The Morgan fingerprint density at radius 2 is 2.18 bits per heavy atom. The summed E-state index contributed by atoms with van der Waals surface area (Å²) in [7, 11) is 0. The van der Waals surface area contributed by atoms with Crippen LogP contribution in [-0.4, -0.2) is 31.9 Å². The van der Waals surface area contributed by atoms with E-state index in [1.165, 1.54) is 0 Å². The van der Waals surface area contributed by atoms with E-state index < -0.39 is 0 Å². The van der Waals surface area contributed by atoms with Gasteiger partial charge in [0.05, 0.1) is 0 Å². The van der Waals surface area contributed by atoms with E-state index in [4.69, 9.17) is 5.11 Å². The molecular weight excluding hydrogens is 144 g/mol. The van der Waals surface area contributed by atoms with Gasteiger partial charge in [-0.2, -0.15) is 0 Å². The fourth-order valence-electron chi connectivity index (χ4n) is 0.845. The average molecular weight is 156 g/mol. The smallest absolute Gasteiger partial charge is 0.138 e. The lowest BCUT2D eigenvalue weighted by Crippen LogP contribution is -1.99. The molecule has 62 valence electrons. The molecule has 1 aromatic rings. The molecule has 0 atom stereocenters. The molecule has 0 radical (unpaired) electrons. The highest BCUT2D eigenvalue weighted by atomic mass is 16.2. The molecule has 0 aliphatic rings. The number of aryl methyl sites for hydroxylation is 1. The van der Waals surface area contributed by atoms with Crippen molar-refractivity contribution in [1.82, 2.24) is 20.2 Å². The Bertz CT molecular complexity index is 175. The zero-order valence-electron chi connectivity index (χ0n) is 6.35. The number of hydrogen-bond acceptors (Lipinski definition) is 4. The summed E-state index contributed by atoms with van der Waals surface area (Å²) in [4.78, 5) is 0. The maximum absolute atomic E-state index is 8.48. The van der Waals surface area contributed by atoms with Gasteiger partial charge in [0.25, 0.3) is 0 Å². The minimum Gasteiger partial charge on any atom is -0.396 e. The predicted octanol–water partition coefficient (Wildman–Crippen LogP) is -0.164. The Morgan fingerprint density at radius 1 is 1.27 bits per heavy atom. The number of hydrogen-bond donors (Lipinski definition) is 1. The fraction of sp³-hybridized carbons (Fsp3) is 0.833. The van der Waals surface area contributed by atoms with E-state index in [9.17, 15) is 0 Å². The number of aromatic nitrogens is 4. The molecule has 11 heavy (non-hydrogen) atoms. The average Bonchev–Trinajstić information content (AvgIpc) is 2.50. The molecule has 1 N–H and O–H groups in total. The van der Waals surface area contributed by atoms with Crippen LogP contribution in [0.4, 0.5) is 0 Å². The summed E-state index contributed by atoms with van der Waals surface area (Å²) in [5.74, 6) is 0. The molecule has 5 nitrogen and oxygen atoms in total. The van der Waals surface area contributed by atoms with Crippen LogP contribution in [0.15, 0.2) is 6.33 Å². The largest absolute Gasteiger partial charge is 0.396 e. The maximum Gasteiger partial charge on any atom is 0.138 e. The number of aliphatic hydroxyl groups is 1. The Balaban J connectivity index is 2.04. The van der Waals surface area contributed by atoms with Crippen molar-refractivity contribution >= 4 is 0 Å². The highest BCUT2D eigenvalue weighted by Gasteiger charge is 1.91. The molecule has 0 aliphatic heterocycles. The lowest BCUT2D eigenvalue weighted by Gasteiger charge is -1.96. The van der Waals surface area contributed by atoms with Crippen LogP contribution in [0, 0.1) is 0 Å². The molecule has 0 amide bonds. The van der Waals surface area contributed by atoms with Gasteiger partial charge in [-0.25, -0.2) is 4.68 Å². The van der Waals surface area contributed by atoms with Gasteiger partial charge in [-0.1, -0.05) is 0 Å². The van der Waals surface area contributed by atoms with Crippen molar-refractivity contribution in [2.75, 3.05) is 6.61 Å². The van der Waals surface area contributed by atoms with E-state index >= 15 is 0 Å². The molecule has 0 saturated carbocycles. The van der Waals surface area contributed by atoms with E-state index in [2.05, 4.69) is 15.5 Å². The Kier molecular flexibility index (Phi) is 3.54. The van der Waals surface area contributed by atoms with Crippen molar-refractivity contribution in [2.45, 2.75) is 25.8 Å². The molecule has 0 bridgehead atoms. The second-order valence-electron chi connectivity index (χ2n) is 2.36. The normalized spacial score (nSPS) is 10.3. The molecule has 0 saturated heterocycles. The minimum atomic E-state index is 0.273. The van der Waals surface area contributed by atoms with Crippen LogP contribution in [0.2, 0.25) is 0 Å². The van der Waals surface area contributed by atoms with Gasteiger partial charge in [0.2, 0.25) is 0 Å². The van der Waals surface area contributed by atoms with Crippen LogP contribution in [0.3, 0.4) is 0 Å². The van der Waals surface area contributed by atoms with Gasteiger partial charge in [0.1, 0.15) is 6.33 Å². The van der Waals surface area contributed by atoms with Crippen molar-refractivity contribution in [3.8, 4) is 0 Å². The van der Waals surface area contributed by atoms with Crippen molar-refractivity contribution in [1.29, 1.82) is 0 Å². The zero-order valence-corrected chi connectivity index (χ0v) is 6.35. The molecule has 5 heteroatoms. The molecule has 0 unspecified atom stereocenters. The topological polar surface area (TPSA) is 63.8 Å². The summed E-state index contributed by atoms with van der Waals surface area (Å²) in [6.07, 6.45) is 4.50. The van der Waals surface area contributed by atoms with Crippen molar-refractivity contribution < 1.29 is 5.11 Å². The second kappa shape index (κ2) is 4.79. The molecule has 0 aliphatic carbocycles. The van der Waals surface area contributed by atoms with Crippen LogP contribution in [0.1, 0.15) is 19.3 Å². The van der Waals surface area contributed by atoms with Crippen molar-refractivity contribution in [3.05, 3.63) is 6.33 Å². The van der Waals surface area contributed by atoms with Crippen LogP contribution in [0.25, 0.3) is 0 Å². The van der Waals surface area contributed by atoms with Gasteiger partial charge in [-0.05, 0) is 29.7 Å². The van der Waals surface area contributed by atoms with Gasteiger partial charge in [0.15, 0.2) is 0 Å². The first-order valence-corrected chi connectivity index (χ1v) is 3.75. The number of tetrazole rings is 1. The third kappa shape index (κ3) is 3.08. The first-order valence-electron chi connectivity index (χ1n) is 3.75. The third-order valence-corrected chi connectivity index (χ3v) is 1.44. The maximum atomic E-state index is 8.48. The van der Waals surface area contributed by atoms with E-state index in [1.54, 1.807) is 11.0 Å². The number of unbranched alkanes of at least 4 members (excludes halogenated alkanes) is 2. The first kappa shape index (κ1) is 8.13. The van der Waals surface area contributed by atoms with Crippen LogP contribution < -0.4 is 0 Å². The van der Waals surface area contributed by atoms with Crippen molar-refractivity contribution in [3.63, 3.8) is 0 Å². The van der Waals surface area contributed by atoms with Crippen LogP contribution in [-0.2, 0) is 6.54 Å². The first-order chi connectivity index (χ1) is 5.43. The number of nitrogens with zero attached hydrogens (tertiary/aromatic N) is 4. The molecular formula is C6H12N4O. The molecule has 1 aromatic heterocycles. The quantitative estimate of drug-likeness (QED) is 0.601. The summed E-state index contributed by atoms with van der Waals surface area (Å²) in [6, 6.07) is 0. The molecule has 1 rings (SSSR count). The van der Waals surface area contributed by atoms with Crippen molar-refractivity contribution in [2.24, 2.45) is 0 Å². The van der Waals surface area contributed by atoms with E-state index in [1.807, 2.05) is 0 Å². The second-order valence-corrected chi connectivity index (χ2v) is 2.36. The monoisotopic (exact) mass is 156 g/mol. The molecule has 0 spiro atoms. The minimum absolute atomic E-state index is 0.273. The summed E-state index contributed by atoms with van der Waals surface area (Å²) < 4.78 is 1.69. The van der Waals surface area contributed by atoms with Gasteiger partial charge >= 0.3 is 0 Å². The number of rotatable bonds is 5. The zero-order chi connectivity index (χ0) is 7.94. The predicted molar refractivity (Wildman–Crippen MR) is 38.8 cm³/mol. The lowest BCUT2D eigenvalue weighted by atomic mass is 10.2. The summed E-state index contributed by atoms with van der Waals surface area (Å²) in [6.45, 7) is 1.11. The molecule has 0 fully saturated rings. The van der Waals surface area contributed by atoms with E-state index in [-0.39, 0.29) is 6.61 Å². The summed E-state index contributed by atoms with van der Waals surface area (Å²) in [5.41, 5.74) is 0. The Morgan fingerprint density at radius 3 is 2.82 bits per heavy atom. The van der Waals surface area contributed by atoms with E-state index in [0.717, 1.165) is 25.8 Å². The standard InChI is InChI=1S/C6H12N4O/c11-5-3-1-2-4-10-6-7-8-9-10/h6,11H,1-5H2. The van der Waals surface area contributed by atoms with Gasteiger partial charge in [-0.15, -0.1) is 5.10 Å². The molecule has 0 aromatic carbocycles. The molecule has 1 heterocycles. The number of aliphatic hydroxyl groups excluding tert-OH is 1. The third-order valence-electron chi connectivity index (χ3n) is 1.44.